The lowest BCUT2D eigenvalue weighted by Crippen LogP contribution is -2.34. The van der Waals surface area contributed by atoms with Crippen LogP contribution in [0.25, 0.3) is 0 Å². The van der Waals surface area contributed by atoms with E-state index in [1.807, 2.05) is 50.2 Å². The molecule has 0 amide bonds. The Morgan fingerprint density at radius 3 is 2.00 bits per heavy atom. The van der Waals surface area contributed by atoms with Gasteiger partial charge in [0.05, 0.1) is 5.92 Å². The average Bonchev–Trinajstić information content (AvgIpc) is 2.55. The maximum Gasteiger partial charge on any atom is 0.222 e. The van der Waals surface area contributed by atoms with Crippen molar-refractivity contribution in [2.75, 3.05) is 0 Å². The van der Waals surface area contributed by atoms with Gasteiger partial charge in [0.25, 0.3) is 0 Å². The van der Waals surface area contributed by atoms with E-state index in [1.165, 1.54) is 0 Å². The van der Waals surface area contributed by atoms with E-state index in [0.717, 1.165) is 5.56 Å². The fraction of sp³-hybridized carbons (Fsp3) is 0.316. The summed E-state index contributed by atoms with van der Waals surface area (Å²) in [6.45, 7) is 3.66. The predicted molar refractivity (Wildman–Crippen MR) is 90.2 cm³/mol. The molecule has 2 atom stereocenters. The smallest absolute Gasteiger partial charge is 0.222 e. The van der Waals surface area contributed by atoms with E-state index in [-0.39, 0.29) is 23.0 Å². The second kappa shape index (κ2) is 7.68. The number of nitrogens with zero attached hydrogens (tertiary/aromatic N) is 1. The van der Waals surface area contributed by atoms with Crippen LogP contribution >= 0.6 is 0 Å². The number of rotatable bonds is 7. The second-order valence-electron chi connectivity index (χ2n) is 6.03. The van der Waals surface area contributed by atoms with Gasteiger partial charge in [-0.3, -0.25) is 14.9 Å². The standard InChI is InChI=1S/C19H21NO3/c1-14(2)19(20(22)23)17(15-9-5-3-6-10-15)13-18(21)16-11-7-4-8-12-16/h3-12,14,17,19H,13H2,1-2H3/t17-,19-/m1/s1. The Balaban J connectivity index is 2.34. The van der Waals surface area contributed by atoms with Crippen LogP contribution in [0, 0.1) is 16.0 Å². The van der Waals surface area contributed by atoms with E-state index >= 15 is 0 Å². The summed E-state index contributed by atoms with van der Waals surface area (Å²) in [5, 5.41) is 11.6. The van der Waals surface area contributed by atoms with Gasteiger partial charge in [-0.2, -0.15) is 0 Å². The number of nitro groups is 1. The zero-order valence-corrected chi connectivity index (χ0v) is 13.4. The van der Waals surface area contributed by atoms with E-state index in [0.29, 0.717) is 5.56 Å². The van der Waals surface area contributed by atoms with Crippen molar-refractivity contribution in [2.45, 2.75) is 32.2 Å². The molecule has 2 aromatic carbocycles. The van der Waals surface area contributed by atoms with Crippen LogP contribution in [0.2, 0.25) is 0 Å². The molecule has 4 heteroatoms. The van der Waals surface area contributed by atoms with Gasteiger partial charge in [-0.15, -0.1) is 0 Å². The number of hydrogen-bond donors (Lipinski definition) is 0. The number of Topliss-reactive ketones (excluding diaryl/α,β-unsaturated/α-hetero) is 1. The van der Waals surface area contributed by atoms with Crippen LogP contribution in [0.3, 0.4) is 0 Å². The van der Waals surface area contributed by atoms with Gasteiger partial charge in [-0.05, 0) is 5.56 Å². The first-order valence-electron chi connectivity index (χ1n) is 7.77. The van der Waals surface area contributed by atoms with Crippen LogP contribution in [0.5, 0.6) is 0 Å². The Morgan fingerprint density at radius 1 is 1.00 bits per heavy atom. The Morgan fingerprint density at radius 2 is 1.52 bits per heavy atom. The van der Waals surface area contributed by atoms with Gasteiger partial charge in [0.2, 0.25) is 6.04 Å². The molecule has 0 aliphatic rings. The lowest BCUT2D eigenvalue weighted by Gasteiger charge is -2.23. The second-order valence-corrected chi connectivity index (χ2v) is 6.03. The minimum Gasteiger partial charge on any atom is -0.294 e. The number of hydrogen-bond acceptors (Lipinski definition) is 3. The Hall–Kier alpha value is -2.49. The molecule has 0 fully saturated rings. The monoisotopic (exact) mass is 311 g/mol. The maximum atomic E-state index is 12.6. The topological polar surface area (TPSA) is 60.2 Å². The summed E-state index contributed by atoms with van der Waals surface area (Å²) in [5.74, 6) is -0.648. The highest BCUT2D eigenvalue weighted by molar-refractivity contribution is 5.96. The molecule has 0 unspecified atom stereocenters. The molecule has 2 aromatic rings. The Bertz CT molecular complexity index is 653. The van der Waals surface area contributed by atoms with Crippen LogP contribution < -0.4 is 0 Å². The SMILES string of the molecule is CC(C)[C@H]([C@H](CC(=O)c1ccccc1)c1ccccc1)[N+](=O)[O-]. The van der Waals surface area contributed by atoms with Crippen molar-refractivity contribution in [3.8, 4) is 0 Å². The minimum absolute atomic E-state index is 0.0630. The maximum absolute atomic E-state index is 12.6. The van der Waals surface area contributed by atoms with Gasteiger partial charge in [0.15, 0.2) is 5.78 Å². The quantitative estimate of drug-likeness (QED) is 0.434. The van der Waals surface area contributed by atoms with E-state index in [4.69, 9.17) is 0 Å². The molecule has 0 heterocycles. The van der Waals surface area contributed by atoms with Crippen molar-refractivity contribution in [2.24, 2.45) is 5.92 Å². The number of carbonyl (C=O) groups excluding carboxylic acids is 1. The van der Waals surface area contributed by atoms with Gasteiger partial charge >= 0.3 is 0 Å². The summed E-state index contributed by atoms with van der Waals surface area (Å²) in [5.41, 5.74) is 1.44. The van der Waals surface area contributed by atoms with E-state index in [9.17, 15) is 14.9 Å². The predicted octanol–water partition coefficient (Wildman–Crippen LogP) is 4.34. The van der Waals surface area contributed by atoms with Gasteiger partial charge in [-0.1, -0.05) is 74.5 Å². The zero-order valence-electron chi connectivity index (χ0n) is 13.4. The molecular weight excluding hydrogens is 290 g/mol. The summed E-state index contributed by atoms with van der Waals surface area (Å²) in [4.78, 5) is 23.9. The molecule has 2 rings (SSSR count). The third-order valence-corrected chi connectivity index (χ3v) is 4.07. The first kappa shape index (κ1) is 16.9. The molecule has 0 aliphatic carbocycles. The first-order valence-corrected chi connectivity index (χ1v) is 7.77. The van der Waals surface area contributed by atoms with Crippen LogP contribution in [-0.2, 0) is 0 Å². The Kier molecular flexibility index (Phi) is 5.63. The highest BCUT2D eigenvalue weighted by Crippen LogP contribution is 2.31. The molecule has 0 N–H and O–H groups in total. The largest absolute Gasteiger partial charge is 0.294 e. The fourth-order valence-corrected chi connectivity index (χ4v) is 2.93. The molecule has 0 aromatic heterocycles. The van der Waals surface area contributed by atoms with E-state index in [2.05, 4.69) is 0 Å². The van der Waals surface area contributed by atoms with Crippen molar-refractivity contribution in [1.82, 2.24) is 0 Å². The van der Waals surface area contributed by atoms with E-state index in [1.54, 1.807) is 24.3 Å². The number of benzene rings is 2. The van der Waals surface area contributed by atoms with Crippen molar-refractivity contribution < 1.29 is 9.72 Å². The molecule has 4 nitrogen and oxygen atoms in total. The third-order valence-electron chi connectivity index (χ3n) is 4.07. The molecule has 0 spiro atoms. The molecule has 0 saturated heterocycles. The number of ketones is 1. The molecule has 0 bridgehead atoms. The van der Waals surface area contributed by atoms with Gasteiger partial charge in [-0.25, -0.2) is 0 Å². The van der Waals surface area contributed by atoms with Crippen molar-refractivity contribution >= 4 is 5.78 Å². The van der Waals surface area contributed by atoms with Crippen LogP contribution in [-0.4, -0.2) is 16.7 Å². The highest BCUT2D eigenvalue weighted by atomic mass is 16.6. The summed E-state index contributed by atoms with van der Waals surface area (Å²) in [6, 6.07) is 17.5. The van der Waals surface area contributed by atoms with Crippen LogP contribution in [0.1, 0.15) is 42.1 Å². The van der Waals surface area contributed by atoms with Gasteiger partial charge < -0.3 is 0 Å². The summed E-state index contributed by atoms with van der Waals surface area (Å²) < 4.78 is 0. The minimum atomic E-state index is -0.787. The highest BCUT2D eigenvalue weighted by Gasteiger charge is 2.37. The van der Waals surface area contributed by atoms with Gasteiger partial charge in [0.1, 0.15) is 0 Å². The van der Waals surface area contributed by atoms with Crippen molar-refractivity contribution in [1.29, 1.82) is 0 Å². The Labute approximate surface area is 136 Å². The number of carbonyl (C=O) groups is 1. The molecule has 0 aliphatic heterocycles. The summed E-state index contributed by atoms with van der Waals surface area (Å²) >= 11 is 0. The summed E-state index contributed by atoms with van der Waals surface area (Å²) in [6.07, 6.45) is 0.137. The molecule has 23 heavy (non-hydrogen) atoms. The molecule has 120 valence electrons. The van der Waals surface area contributed by atoms with Crippen molar-refractivity contribution in [3.63, 3.8) is 0 Å². The van der Waals surface area contributed by atoms with Crippen LogP contribution in [0.4, 0.5) is 0 Å². The first-order chi connectivity index (χ1) is 11.0. The summed E-state index contributed by atoms with van der Waals surface area (Å²) in [7, 11) is 0. The zero-order chi connectivity index (χ0) is 16.8. The molecule has 0 saturated carbocycles. The molecular formula is C19H21NO3. The van der Waals surface area contributed by atoms with Crippen LogP contribution in [0.15, 0.2) is 60.7 Å². The lowest BCUT2D eigenvalue weighted by molar-refractivity contribution is -0.535. The van der Waals surface area contributed by atoms with E-state index < -0.39 is 12.0 Å². The van der Waals surface area contributed by atoms with Crippen molar-refractivity contribution in [3.05, 3.63) is 81.9 Å². The lowest BCUT2D eigenvalue weighted by atomic mass is 9.81. The fourth-order valence-electron chi connectivity index (χ4n) is 2.93. The van der Waals surface area contributed by atoms with Gasteiger partial charge in [0, 0.05) is 22.8 Å². The molecule has 0 radical (unpaired) electrons. The normalized spacial score (nSPS) is 13.5. The third kappa shape index (κ3) is 4.25. The average molecular weight is 311 g/mol.